The van der Waals surface area contributed by atoms with Crippen LogP contribution < -0.4 is 16.4 Å². The predicted molar refractivity (Wildman–Crippen MR) is 134 cm³/mol. The van der Waals surface area contributed by atoms with Crippen molar-refractivity contribution in [2.75, 3.05) is 26.2 Å². The lowest BCUT2D eigenvalue weighted by Gasteiger charge is -2.28. The molecule has 0 saturated carbocycles. The number of rotatable bonds is 9. The van der Waals surface area contributed by atoms with E-state index < -0.39 is 0 Å². The van der Waals surface area contributed by atoms with E-state index in [1.54, 1.807) is 18.2 Å². The van der Waals surface area contributed by atoms with Crippen LogP contribution in [0.3, 0.4) is 0 Å². The number of nitrogens with one attached hydrogen (secondary N) is 2. The van der Waals surface area contributed by atoms with Gasteiger partial charge in [0.2, 0.25) is 5.91 Å². The van der Waals surface area contributed by atoms with Crippen molar-refractivity contribution in [1.29, 1.82) is 0 Å². The normalized spacial score (nSPS) is 19.8. The molecule has 33 heavy (non-hydrogen) atoms. The molecule has 0 spiro atoms. The summed E-state index contributed by atoms with van der Waals surface area (Å²) in [4.78, 5) is 27.8. The van der Waals surface area contributed by atoms with Crippen LogP contribution in [0.25, 0.3) is 0 Å². The van der Waals surface area contributed by atoms with Crippen molar-refractivity contribution >= 4 is 35.0 Å². The Morgan fingerprint density at radius 3 is 2.64 bits per heavy atom. The molecule has 6 nitrogen and oxygen atoms in total. The highest BCUT2D eigenvalue weighted by Crippen LogP contribution is 2.24. The Labute approximate surface area is 205 Å². The standard InChI is InChI=1S/C25H32Cl2N4O2/c1-2-17(18-6-4-3-5-7-18)16-31-13-11-20(30-23(10-12-28)25(31)33)15-29-24(32)19-8-9-21(26)22(27)14-19/h3-9,14,17,20,23,30H,2,10-13,15-16,28H2,1H3,(H,29,32). The third kappa shape index (κ3) is 6.93. The molecule has 8 heteroatoms. The highest BCUT2D eigenvalue weighted by atomic mass is 35.5. The topological polar surface area (TPSA) is 87.5 Å². The molecule has 3 atom stereocenters. The van der Waals surface area contributed by atoms with E-state index in [1.165, 1.54) is 5.56 Å². The molecule has 3 unspecified atom stereocenters. The van der Waals surface area contributed by atoms with E-state index in [4.69, 9.17) is 28.9 Å². The summed E-state index contributed by atoms with van der Waals surface area (Å²) in [6.45, 7) is 4.26. The van der Waals surface area contributed by atoms with Gasteiger partial charge in [0.25, 0.3) is 5.91 Å². The summed E-state index contributed by atoms with van der Waals surface area (Å²) >= 11 is 12.0. The van der Waals surface area contributed by atoms with Gasteiger partial charge in [0.05, 0.1) is 16.1 Å². The second kappa shape index (κ2) is 12.4. The minimum atomic E-state index is -0.363. The van der Waals surface area contributed by atoms with Gasteiger partial charge in [-0.3, -0.25) is 9.59 Å². The monoisotopic (exact) mass is 490 g/mol. The summed E-state index contributed by atoms with van der Waals surface area (Å²) in [6, 6.07) is 14.7. The first-order chi connectivity index (χ1) is 15.9. The van der Waals surface area contributed by atoms with Crippen LogP contribution in [0.5, 0.6) is 0 Å². The van der Waals surface area contributed by atoms with Crippen LogP contribution in [0.4, 0.5) is 0 Å². The average molecular weight is 491 g/mol. The Morgan fingerprint density at radius 2 is 1.97 bits per heavy atom. The van der Waals surface area contributed by atoms with Crippen LogP contribution in [0.15, 0.2) is 48.5 Å². The quantitative estimate of drug-likeness (QED) is 0.498. The predicted octanol–water partition coefficient (Wildman–Crippen LogP) is 3.82. The molecule has 1 fully saturated rings. The Kier molecular flexibility index (Phi) is 9.56. The molecular formula is C25H32Cl2N4O2. The van der Waals surface area contributed by atoms with Crippen molar-refractivity contribution in [1.82, 2.24) is 15.5 Å². The van der Waals surface area contributed by atoms with Gasteiger partial charge in [-0.05, 0) is 49.6 Å². The Hall–Kier alpha value is -2.12. The lowest BCUT2D eigenvalue weighted by Crippen LogP contribution is -2.49. The van der Waals surface area contributed by atoms with Crippen molar-refractivity contribution in [3.05, 3.63) is 69.7 Å². The molecule has 1 saturated heterocycles. The van der Waals surface area contributed by atoms with Crippen molar-refractivity contribution in [2.45, 2.75) is 44.2 Å². The molecule has 0 aliphatic carbocycles. The SMILES string of the molecule is CCC(CN1CCC(CNC(=O)c2ccc(Cl)c(Cl)c2)NC(CCN)C1=O)c1ccccc1. The van der Waals surface area contributed by atoms with Crippen LogP contribution >= 0.6 is 23.2 Å². The molecule has 1 aliphatic rings. The van der Waals surface area contributed by atoms with Gasteiger partial charge >= 0.3 is 0 Å². The average Bonchev–Trinajstić information content (AvgIpc) is 2.97. The van der Waals surface area contributed by atoms with Gasteiger partial charge in [-0.2, -0.15) is 0 Å². The van der Waals surface area contributed by atoms with Gasteiger partial charge in [0, 0.05) is 37.2 Å². The molecule has 0 aromatic heterocycles. The number of amides is 2. The smallest absolute Gasteiger partial charge is 0.251 e. The van der Waals surface area contributed by atoms with E-state index in [0.29, 0.717) is 48.2 Å². The van der Waals surface area contributed by atoms with Gasteiger partial charge < -0.3 is 21.3 Å². The lowest BCUT2D eigenvalue weighted by molar-refractivity contribution is -0.133. The molecule has 2 aromatic carbocycles. The van der Waals surface area contributed by atoms with Crippen LogP contribution in [-0.4, -0.2) is 55.0 Å². The molecule has 2 amide bonds. The highest BCUT2D eigenvalue weighted by molar-refractivity contribution is 6.42. The van der Waals surface area contributed by atoms with Crippen molar-refractivity contribution in [3.63, 3.8) is 0 Å². The molecule has 1 heterocycles. The largest absolute Gasteiger partial charge is 0.350 e. The van der Waals surface area contributed by atoms with Gasteiger partial charge in [-0.1, -0.05) is 60.5 Å². The molecule has 3 rings (SSSR count). The van der Waals surface area contributed by atoms with E-state index >= 15 is 0 Å². The summed E-state index contributed by atoms with van der Waals surface area (Å²) in [5, 5.41) is 7.11. The maximum Gasteiger partial charge on any atom is 0.251 e. The zero-order chi connectivity index (χ0) is 23.8. The summed E-state index contributed by atoms with van der Waals surface area (Å²) in [6.07, 6.45) is 2.24. The van der Waals surface area contributed by atoms with Crippen LogP contribution in [0, 0.1) is 0 Å². The number of hydrogen-bond donors (Lipinski definition) is 3. The molecule has 178 valence electrons. The van der Waals surface area contributed by atoms with Gasteiger partial charge in [0.1, 0.15) is 0 Å². The Balaban J connectivity index is 1.65. The van der Waals surface area contributed by atoms with Crippen LogP contribution in [0.1, 0.15) is 48.0 Å². The fourth-order valence-electron chi connectivity index (χ4n) is 4.21. The fraction of sp³-hybridized carbons (Fsp3) is 0.440. The number of carbonyl (C=O) groups is 2. The Morgan fingerprint density at radius 1 is 1.21 bits per heavy atom. The third-order valence-corrected chi connectivity index (χ3v) is 6.88. The summed E-state index contributed by atoms with van der Waals surface area (Å²) in [7, 11) is 0. The second-order valence-corrected chi connectivity index (χ2v) is 9.24. The van der Waals surface area contributed by atoms with E-state index in [-0.39, 0.29) is 29.8 Å². The first kappa shape index (κ1) is 25.5. The van der Waals surface area contributed by atoms with Crippen molar-refractivity contribution in [2.24, 2.45) is 5.73 Å². The second-order valence-electron chi connectivity index (χ2n) is 8.42. The number of halogens is 2. The Bertz CT molecular complexity index is 941. The lowest BCUT2D eigenvalue weighted by atomic mass is 9.95. The number of benzene rings is 2. The molecule has 1 aliphatic heterocycles. The maximum absolute atomic E-state index is 13.3. The summed E-state index contributed by atoms with van der Waals surface area (Å²) in [5.41, 5.74) is 7.49. The van der Waals surface area contributed by atoms with E-state index in [1.807, 2.05) is 23.1 Å². The molecule has 0 radical (unpaired) electrons. The molecule has 0 bridgehead atoms. The number of nitrogens with zero attached hydrogens (tertiary/aromatic N) is 1. The minimum absolute atomic E-state index is 0.0426. The van der Waals surface area contributed by atoms with Crippen LogP contribution in [0.2, 0.25) is 10.0 Å². The van der Waals surface area contributed by atoms with Gasteiger partial charge in [-0.15, -0.1) is 0 Å². The molecule has 4 N–H and O–H groups in total. The number of hydrogen-bond acceptors (Lipinski definition) is 4. The molecular weight excluding hydrogens is 459 g/mol. The first-order valence-corrected chi connectivity index (χ1v) is 12.2. The van der Waals surface area contributed by atoms with Gasteiger partial charge in [-0.25, -0.2) is 0 Å². The van der Waals surface area contributed by atoms with Gasteiger partial charge in [0.15, 0.2) is 0 Å². The van der Waals surface area contributed by atoms with E-state index in [0.717, 1.165) is 12.8 Å². The van der Waals surface area contributed by atoms with Crippen molar-refractivity contribution < 1.29 is 9.59 Å². The van der Waals surface area contributed by atoms with Crippen LogP contribution in [-0.2, 0) is 4.79 Å². The zero-order valence-electron chi connectivity index (χ0n) is 18.9. The van der Waals surface area contributed by atoms with E-state index in [9.17, 15) is 9.59 Å². The van der Waals surface area contributed by atoms with E-state index in [2.05, 4.69) is 29.7 Å². The van der Waals surface area contributed by atoms with Crippen molar-refractivity contribution in [3.8, 4) is 0 Å². The first-order valence-electron chi connectivity index (χ1n) is 11.5. The third-order valence-electron chi connectivity index (χ3n) is 6.14. The summed E-state index contributed by atoms with van der Waals surface area (Å²) in [5.74, 6) is 0.126. The number of nitrogens with two attached hydrogens (primary N) is 1. The minimum Gasteiger partial charge on any atom is -0.350 e. The molecule has 2 aromatic rings. The zero-order valence-corrected chi connectivity index (χ0v) is 20.4. The fourth-order valence-corrected chi connectivity index (χ4v) is 4.51. The summed E-state index contributed by atoms with van der Waals surface area (Å²) < 4.78 is 0. The maximum atomic E-state index is 13.3. The number of carbonyl (C=O) groups excluding carboxylic acids is 2. The highest BCUT2D eigenvalue weighted by Gasteiger charge is 2.31.